The lowest BCUT2D eigenvalue weighted by Crippen LogP contribution is -2.03. The number of benzene rings is 1. The standard InChI is InChI=1S/C15H12F3N3.C2H6/c1-19-12-6-7-21-14(8-12)13(9-20-21)10-2-4-11(5-3-10)15(16,17)18;1-2/h2-9,19H,1H3;1-2H3. The molecule has 3 aromatic rings. The summed E-state index contributed by atoms with van der Waals surface area (Å²) in [6.45, 7) is 4.00. The Balaban J connectivity index is 0.000000924. The molecule has 0 amide bonds. The van der Waals surface area contributed by atoms with E-state index in [0.29, 0.717) is 5.56 Å². The van der Waals surface area contributed by atoms with Crippen LogP contribution in [0.1, 0.15) is 19.4 Å². The summed E-state index contributed by atoms with van der Waals surface area (Å²) < 4.78 is 39.5. The van der Waals surface area contributed by atoms with Crippen molar-refractivity contribution >= 4 is 11.2 Å². The maximum absolute atomic E-state index is 12.6. The molecule has 3 rings (SSSR count). The Morgan fingerprint density at radius 2 is 1.70 bits per heavy atom. The number of pyridine rings is 1. The van der Waals surface area contributed by atoms with Gasteiger partial charge in [-0.2, -0.15) is 18.3 Å². The molecule has 0 saturated heterocycles. The van der Waals surface area contributed by atoms with Crippen LogP contribution in [0.4, 0.5) is 18.9 Å². The van der Waals surface area contributed by atoms with Gasteiger partial charge in [-0.3, -0.25) is 0 Å². The van der Waals surface area contributed by atoms with Crippen LogP contribution in [0.5, 0.6) is 0 Å². The highest BCUT2D eigenvalue weighted by molar-refractivity contribution is 5.81. The molecule has 0 aliphatic rings. The lowest BCUT2D eigenvalue weighted by Gasteiger charge is -2.07. The van der Waals surface area contributed by atoms with Crippen molar-refractivity contribution in [2.24, 2.45) is 0 Å². The predicted molar refractivity (Wildman–Crippen MR) is 86.5 cm³/mol. The molecule has 0 aliphatic heterocycles. The van der Waals surface area contributed by atoms with Crippen molar-refractivity contribution in [1.29, 1.82) is 0 Å². The molecular formula is C17H18F3N3. The van der Waals surface area contributed by atoms with Crippen molar-refractivity contribution in [3.05, 3.63) is 54.4 Å². The molecule has 3 nitrogen and oxygen atoms in total. The van der Waals surface area contributed by atoms with Crippen molar-refractivity contribution in [2.75, 3.05) is 12.4 Å². The molecule has 1 aromatic carbocycles. The summed E-state index contributed by atoms with van der Waals surface area (Å²) in [5.74, 6) is 0. The number of fused-ring (bicyclic) bond motifs is 1. The first-order valence-electron chi connectivity index (χ1n) is 7.32. The van der Waals surface area contributed by atoms with E-state index in [0.717, 1.165) is 28.9 Å². The highest BCUT2D eigenvalue weighted by Crippen LogP contribution is 2.32. The Morgan fingerprint density at radius 3 is 2.26 bits per heavy atom. The van der Waals surface area contributed by atoms with Crippen LogP contribution in [0.15, 0.2) is 48.8 Å². The second kappa shape index (κ2) is 6.73. The maximum Gasteiger partial charge on any atom is 0.416 e. The van der Waals surface area contributed by atoms with E-state index in [1.165, 1.54) is 12.1 Å². The summed E-state index contributed by atoms with van der Waals surface area (Å²) in [5.41, 5.74) is 2.59. The largest absolute Gasteiger partial charge is 0.416 e. The van der Waals surface area contributed by atoms with E-state index in [9.17, 15) is 13.2 Å². The molecule has 6 heteroatoms. The molecule has 0 aliphatic carbocycles. The van der Waals surface area contributed by atoms with Crippen molar-refractivity contribution in [3.8, 4) is 11.1 Å². The highest BCUT2D eigenvalue weighted by atomic mass is 19.4. The van der Waals surface area contributed by atoms with Gasteiger partial charge in [-0.15, -0.1) is 0 Å². The van der Waals surface area contributed by atoms with E-state index in [1.54, 1.807) is 24.0 Å². The van der Waals surface area contributed by atoms with E-state index < -0.39 is 11.7 Å². The molecule has 23 heavy (non-hydrogen) atoms. The molecule has 0 atom stereocenters. The van der Waals surface area contributed by atoms with Crippen molar-refractivity contribution in [1.82, 2.24) is 9.61 Å². The van der Waals surface area contributed by atoms with Crippen LogP contribution < -0.4 is 5.32 Å². The second-order valence-corrected chi connectivity index (χ2v) is 4.63. The second-order valence-electron chi connectivity index (χ2n) is 4.63. The van der Waals surface area contributed by atoms with Crippen LogP contribution in [-0.4, -0.2) is 16.7 Å². The number of halogens is 3. The molecule has 2 heterocycles. The van der Waals surface area contributed by atoms with E-state index in [4.69, 9.17) is 0 Å². The maximum atomic E-state index is 12.6. The Labute approximate surface area is 132 Å². The Hall–Kier alpha value is -2.50. The summed E-state index contributed by atoms with van der Waals surface area (Å²) in [6, 6.07) is 8.87. The number of alkyl halides is 3. The molecule has 0 saturated carbocycles. The normalized spacial score (nSPS) is 11.0. The Kier molecular flexibility index (Phi) is 4.93. The van der Waals surface area contributed by atoms with Crippen molar-refractivity contribution in [3.63, 3.8) is 0 Å². The van der Waals surface area contributed by atoms with Crippen LogP contribution in [0.3, 0.4) is 0 Å². The van der Waals surface area contributed by atoms with Gasteiger partial charge < -0.3 is 5.32 Å². The minimum atomic E-state index is -4.32. The molecule has 0 fully saturated rings. The molecule has 1 N–H and O–H groups in total. The fourth-order valence-electron chi connectivity index (χ4n) is 2.20. The Morgan fingerprint density at radius 1 is 1.04 bits per heavy atom. The summed E-state index contributed by atoms with van der Waals surface area (Å²) >= 11 is 0. The van der Waals surface area contributed by atoms with Crippen LogP contribution in [0.25, 0.3) is 16.6 Å². The van der Waals surface area contributed by atoms with Crippen LogP contribution in [0.2, 0.25) is 0 Å². The summed E-state index contributed by atoms with van der Waals surface area (Å²) in [6.07, 6.45) is -0.870. The molecule has 0 unspecified atom stereocenters. The number of hydrogen-bond acceptors (Lipinski definition) is 2. The molecular weight excluding hydrogens is 303 g/mol. The predicted octanol–water partition coefficient (Wildman–Crippen LogP) is 5.09. The number of aromatic nitrogens is 2. The summed E-state index contributed by atoms with van der Waals surface area (Å²) in [5, 5.41) is 7.24. The minimum absolute atomic E-state index is 0.654. The van der Waals surface area contributed by atoms with Gasteiger partial charge in [-0.05, 0) is 29.8 Å². The van der Waals surface area contributed by atoms with Crippen LogP contribution in [0, 0.1) is 0 Å². The fourth-order valence-corrected chi connectivity index (χ4v) is 2.20. The van der Waals surface area contributed by atoms with Gasteiger partial charge in [0.25, 0.3) is 0 Å². The number of anilines is 1. The monoisotopic (exact) mass is 321 g/mol. The number of rotatable bonds is 2. The SMILES string of the molecule is CC.CNc1ccn2ncc(-c3ccc(C(F)(F)F)cc3)c2c1. The summed E-state index contributed by atoms with van der Waals surface area (Å²) in [7, 11) is 1.81. The van der Waals surface area contributed by atoms with Crippen molar-refractivity contribution < 1.29 is 13.2 Å². The minimum Gasteiger partial charge on any atom is -0.388 e. The van der Waals surface area contributed by atoms with Gasteiger partial charge in [0.15, 0.2) is 0 Å². The average Bonchev–Trinajstić information content (AvgIpc) is 2.99. The zero-order chi connectivity index (χ0) is 17.0. The van der Waals surface area contributed by atoms with Gasteiger partial charge in [0.1, 0.15) is 0 Å². The third-order valence-electron chi connectivity index (χ3n) is 3.33. The fraction of sp³-hybridized carbons (Fsp3) is 0.235. The van der Waals surface area contributed by atoms with Crippen LogP contribution >= 0.6 is 0 Å². The molecule has 0 bridgehead atoms. The number of nitrogens with one attached hydrogen (secondary N) is 1. The third-order valence-corrected chi connectivity index (χ3v) is 3.33. The summed E-state index contributed by atoms with van der Waals surface area (Å²) in [4.78, 5) is 0. The number of hydrogen-bond donors (Lipinski definition) is 1. The van der Waals surface area contributed by atoms with Gasteiger partial charge >= 0.3 is 6.18 Å². The van der Waals surface area contributed by atoms with E-state index in [2.05, 4.69) is 10.4 Å². The molecule has 122 valence electrons. The first-order valence-corrected chi connectivity index (χ1v) is 7.32. The Bertz CT molecular complexity index is 774. The topological polar surface area (TPSA) is 29.3 Å². The van der Waals surface area contributed by atoms with Gasteiger partial charge in [0.2, 0.25) is 0 Å². The lowest BCUT2D eigenvalue weighted by molar-refractivity contribution is -0.137. The number of nitrogens with zero attached hydrogens (tertiary/aromatic N) is 2. The zero-order valence-electron chi connectivity index (χ0n) is 13.1. The van der Waals surface area contributed by atoms with E-state index >= 15 is 0 Å². The lowest BCUT2D eigenvalue weighted by atomic mass is 10.0. The molecule has 2 aromatic heterocycles. The molecule has 0 radical (unpaired) electrons. The van der Waals surface area contributed by atoms with Crippen LogP contribution in [-0.2, 0) is 6.18 Å². The molecule has 0 spiro atoms. The first-order chi connectivity index (χ1) is 11.0. The zero-order valence-corrected chi connectivity index (χ0v) is 13.1. The van der Waals surface area contributed by atoms with E-state index in [1.807, 2.05) is 26.0 Å². The average molecular weight is 321 g/mol. The third kappa shape index (κ3) is 3.47. The quantitative estimate of drug-likeness (QED) is 0.712. The van der Waals surface area contributed by atoms with E-state index in [-0.39, 0.29) is 0 Å². The van der Waals surface area contributed by atoms with Crippen molar-refractivity contribution in [2.45, 2.75) is 20.0 Å². The van der Waals surface area contributed by atoms with Gasteiger partial charge in [0.05, 0.1) is 17.3 Å². The van der Waals surface area contributed by atoms with Gasteiger partial charge in [-0.25, -0.2) is 4.52 Å². The highest BCUT2D eigenvalue weighted by Gasteiger charge is 2.30. The van der Waals surface area contributed by atoms with Gasteiger partial charge in [-0.1, -0.05) is 26.0 Å². The first kappa shape index (κ1) is 16.9. The van der Waals surface area contributed by atoms with Gasteiger partial charge in [0, 0.05) is 24.5 Å². The smallest absolute Gasteiger partial charge is 0.388 e.